The van der Waals surface area contributed by atoms with Gasteiger partial charge in [-0.15, -0.1) is 0 Å². The van der Waals surface area contributed by atoms with Gasteiger partial charge in [-0.1, -0.05) is 58.8 Å². The molecule has 0 bridgehead atoms. The van der Waals surface area contributed by atoms with Gasteiger partial charge in [0.15, 0.2) is 0 Å². The van der Waals surface area contributed by atoms with Gasteiger partial charge in [-0.3, -0.25) is 0 Å². The molecule has 1 N–H and O–H groups in total. The van der Waals surface area contributed by atoms with Crippen LogP contribution in [0.3, 0.4) is 0 Å². The van der Waals surface area contributed by atoms with Gasteiger partial charge in [0, 0.05) is 0 Å². The zero-order valence-electron chi connectivity index (χ0n) is 12.1. The molecule has 1 rings (SSSR count). The first-order valence-electron chi connectivity index (χ1n) is 8.07. The molecule has 102 valence electrons. The van der Waals surface area contributed by atoms with Gasteiger partial charge in [-0.05, 0) is 44.2 Å². The number of piperidine rings is 1. The Bertz CT molecular complexity index is 153. The van der Waals surface area contributed by atoms with Gasteiger partial charge >= 0.3 is 0 Å². The molecule has 1 heterocycles. The van der Waals surface area contributed by atoms with Crippen molar-refractivity contribution in [3.63, 3.8) is 0 Å². The molecule has 0 aromatic heterocycles. The Kier molecular flexibility index (Phi) is 8.78. The van der Waals surface area contributed by atoms with Gasteiger partial charge in [-0.2, -0.15) is 0 Å². The van der Waals surface area contributed by atoms with Gasteiger partial charge in [0.1, 0.15) is 0 Å². The summed E-state index contributed by atoms with van der Waals surface area (Å²) in [5.41, 5.74) is 0. The summed E-state index contributed by atoms with van der Waals surface area (Å²) in [7, 11) is 0. The maximum absolute atomic E-state index is 3.54. The van der Waals surface area contributed by atoms with E-state index in [4.69, 9.17) is 0 Å². The molecule has 0 aromatic carbocycles. The highest BCUT2D eigenvalue weighted by Gasteiger charge is 2.15. The Balaban J connectivity index is 2.16. The molecule has 1 unspecified atom stereocenters. The van der Waals surface area contributed by atoms with Gasteiger partial charge in [0.05, 0.1) is 0 Å². The Morgan fingerprint density at radius 3 is 2.29 bits per heavy atom. The van der Waals surface area contributed by atoms with Crippen molar-refractivity contribution >= 4 is 0 Å². The summed E-state index contributed by atoms with van der Waals surface area (Å²) in [5, 5.41) is 3.54. The summed E-state index contributed by atoms with van der Waals surface area (Å²) in [4.78, 5) is 0. The SMILES string of the molecule is CCCCC(CCCC)CCC1CCCNC1. The molecule has 0 radical (unpaired) electrons. The number of rotatable bonds is 9. The normalized spacial score (nSPS) is 21.0. The predicted molar refractivity (Wildman–Crippen MR) is 77.4 cm³/mol. The highest BCUT2D eigenvalue weighted by Crippen LogP contribution is 2.25. The first-order chi connectivity index (χ1) is 8.36. The Hall–Kier alpha value is -0.0400. The molecule has 1 nitrogen and oxygen atoms in total. The molecule has 17 heavy (non-hydrogen) atoms. The van der Waals surface area contributed by atoms with E-state index in [-0.39, 0.29) is 0 Å². The second kappa shape index (κ2) is 9.94. The van der Waals surface area contributed by atoms with Crippen LogP contribution < -0.4 is 5.32 Å². The minimum atomic E-state index is 0.981. The number of hydrogen-bond acceptors (Lipinski definition) is 1. The Morgan fingerprint density at radius 2 is 1.76 bits per heavy atom. The molecule has 1 atom stereocenters. The molecule has 1 aliphatic rings. The smallest absolute Gasteiger partial charge is 0.00205 e. The van der Waals surface area contributed by atoms with Crippen LogP contribution in [0.5, 0.6) is 0 Å². The molecule has 1 fully saturated rings. The summed E-state index contributed by atoms with van der Waals surface area (Å²) in [6, 6.07) is 0. The summed E-state index contributed by atoms with van der Waals surface area (Å²) in [6.45, 7) is 7.18. The highest BCUT2D eigenvalue weighted by molar-refractivity contribution is 4.71. The van der Waals surface area contributed by atoms with E-state index in [2.05, 4.69) is 19.2 Å². The van der Waals surface area contributed by atoms with E-state index in [1.54, 1.807) is 0 Å². The molecule has 0 saturated carbocycles. The first-order valence-corrected chi connectivity index (χ1v) is 8.07. The third-order valence-electron chi connectivity index (χ3n) is 4.31. The van der Waals surface area contributed by atoms with Crippen molar-refractivity contribution in [2.75, 3.05) is 13.1 Å². The third-order valence-corrected chi connectivity index (χ3v) is 4.31. The number of nitrogens with one attached hydrogen (secondary N) is 1. The van der Waals surface area contributed by atoms with Crippen LogP contribution in [0.15, 0.2) is 0 Å². The highest BCUT2D eigenvalue weighted by atomic mass is 14.9. The lowest BCUT2D eigenvalue weighted by atomic mass is 9.86. The molecule has 1 heteroatoms. The quantitative estimate of drug-likeness (QED) is 0.611. The third kappa shape index (κ3) is 7.08. The number of unbranched alkanes of at least 4 members (excludes halogenated alkanes) is 2. The van der Waals surface area contributed by atoms with Crippen molar-refractivity contribution in [1.82, 2.24) is 5.32 Å². The number of hydrogen-bond donors (Lipinski definition) is 1. The maximum atomic E-state index is 3.54. The Labute approximate surface area is 109 Å². The molecule has 0 spiro atoms. The van der Waals surface area contributed by atoms with E-state index in [0.29, 0.717) is 0 Å². The van der Waals surface area contributed by atoms with Crippen molar-refractivity contribution in [3.8, 4) is 0 Å². The van der Waals surface area contributed by atoms with Crippen LogP contribution in [0.1, 0.15) is 78.1 Å². The van der Waals surface area contributed by atoms with Crippen LogP contribution in [0.25, 0.3) is 0 Å². The summed E-state index contributed by atoms with van der Waals surface area (Å²) in [5.74, 6) is 2.01. The van der Waals surface area contributed by atoms with Crippen molar-refractivity contribution in [3.05, 3.63) is 0 Å². The minimum absolute atomic E-state index is 0.981. The van der Waals surface area contributed by atoms with Crippen LogP contribution in [-0.2, 0) is 0 Å². The molecule has 0 amide bonds. The fourth-order valence-electron chi connectivity index (χ4n) is 3.06. The van der Waals surface area contributed by atoms with E-state index < -0.39 is 0 Å². The largest absolute Gasteiger partial charge is 0.316 e. The molecule has 0 aromatic rings. The minimum Gasteiger partial charge on any atom is -0.316 e. The van der Waals surface area contributed by atoms with Crippen molar-refractivity contribution in [1.29, 1.82) is 0 Å². The fraction of sp³-hybridized carbons (Fsp3) is 1.00. The molecular weight excluding hydrogens is 206 g/mol. The van der Waals surface area contributed by atoms with E-state index in [9.17, 15) is 0 Å². The van der Waals surface area contributed by atoms with Gasteiger partial charge < -0.3 is 5.32 Å². The lowest BCUT2D eigenvalue weighted by Gasteiger charge is -2.25. The van der Waals surface area contributed by atoms with E-state index in [1.807, 2.05) is 0 Å². The first kappa shape index (κ1) is 15.0. The monoisotopic (exact) mass is 239 g/mol. The average Bonchev–Trinajstić information content (AvgIpc) is 2.39. The van der Waals surface area contributed by atoms with Crippen molar-refractivity contribution in [2.45, 2.75) is 78.1 Å². The summed E-state index contributed by atoms with van der Waals surface area (Å²) in [6.07, 6.45) is 14.4. The van der Waals surface area contributed by atoms with Crippen molar-refractivity contribution < 1.29 is 0 Å². The van der Waals surface area contributed by atoms with E-state index >= 15 is 0 Å². The topological polar surface area (TPSA) is 12.0 Å². The molecular formula is C16H33N. The van der Waals surface area contributed by atoms with Crippen molar-refractivity contribution in [2.24, 2.45) is 11.8 Å². The van der Waals surface area contributed by atoms with E-state index in [1.165, 1.54) is 77.3 Å². The van der Waals surface area contributed by atoms with Gasteiger partial charge in [0.25, 0.3) is 0 Å². The maximum Gasteiger partial charge on any atom is -0.00205 e. The van der Waals surface area contributed by atoms with E-state index in [0.717, 1.165) is 11.8 Å². The van der Waals surface area contributed by atoms with Crippen LogP contribution in [0.2, 0.25) is 0 Å². The van der Waals surface area contributed by atoms with Gasteiger partial charge in [0.2, 0.25) is 0 Å². The average molecular weight is 239 g/mol. The van der Waals surface area contributed by atoms with Crippen LogP contribution in [0, 0.1) is 11.8 Å². The molecule has 0 aliphatic carbocycles. The Morgan fingerprint density at radius 1 is 1.06 bits per heavy atom. The molecule has 1 saturated heterocycles. The predicted octanol–water partition coefficient (Wildman–Crippen LogP) is 4.76. The van der Waals surface area contributed by atoms with Crippen LogP contribution in [-0.4, -0.2) is 13.1 Å². The van der Waals surface area contributed by atoms with Gasteiger partial charge in [-0.25, -0.2) is 0 Å². The van der Waals surface area contributed by atoms with Crippen LogP contribution >= 0.6 is 0 Å². The summed E-state index contributed by atoms with van der Waals surface area (Å²) < 4.78 is 0. The van der Waals surface area contributed by atoms with Crippen LogP contribution in [0.4, 0.5) is 0 Å². The zero-order chi connectivity index (χ0) is 12.3. The fourth-order valence-corrected chi connectivity index (χ4v) is 3.06. The second-order valence-corrected chi connectivity index (χ2v) is 5.94. The summed E-state index contributed by atoms with van der Waals surface area (Å²) >= 11 is 0. The lowest BCUT2D eigenvalue weighted by molar-refractivity contribution is 0.302. The zero-order valence-corrected chi connectivity index (χ0v) is 12.1. The molecule has 1 aliphatic heterocycles. The second-order valence-electron chi connectivity index (χ2n) is 5.94. The lowest BCUT2D eigenvalue weighted by Crippen LogP contribution is -2.29. The standard InChI is InChI=1S/C16H33N/c1-3-5-8-15(9-6-4-2)11-12-16-10-7-13-17-14-16/h15-17H,3-14H2,1-2H3.